The number of ketones is 1. The van der Waals surface area contributed by atoms with E-state index in [1.165, 1.54) is 6.92 Å². The molecule has 14 heteroatoms. The van der Waals surface area contributed by atoms with Crippen LogP contribution in [0.25, 0.3) is 11.4 Å². The summed E-state index contributed by atoms with van der Waals surface area (Å²) in [7, 11) is 3.21. The Labute approximate surface area is 357 Å². The van der Waals surface area contributed by atoms with Gasteiger partial charge in [-0.25, -0.2) is 9.36 Å². The number of aromatic nitrogens is 4. The van der Waals surface area contributed by atoms with Crippen LogP contribution in [0.2, 0.25) is 0 Å². The number of halogens is 2. The number of benzene rings is 4. The summed E-state index contributed by atoms with van der Waals surface area (Å²) in [6.07, 6.45) is 1.21. The van der Waals surface area contributed by atoms with E-state index in [9.17, 15) is 19.5 Å². The molecule has 4 heterocycles. The van der Waals surface area contributed by atoms with Crippen molar-refractivity contribution in [2.24, 2.45) is 0 Å². The third-order valence-electron chi connectivity index (χ3n) is 9.86. The zero-order valence-corrected chi connectivity index (χ0v) is 36.3. The van der Waals surface area contributed by atoms with Gasteiger partial charge in [-0.15, -0.1) is 0 Å². The van der Waals surface area contributed by atoms with Gasteiger partial charge in [-0.05, 0) is 169 Å². The van der Waals surface area contributed by atoms with Crippen LogP contribution in [0.3, 0.4) is 0 Å². The molecule has 0 bridgehead atoms. The number of hydrogen-bond donors (Lipinski definition) is 1. The van der Waals surface area contributed by atoms with E-state index in [0.29, 0.717) is 60.1 Å². The minimum atomic E-state index is -1.15. The number of carbonyl (C=O) groups is 3. The highest BCUT2D eigenvalue weighted by molar-refractivity contribution is 14.1. The summed E-state index contributed by atoms with van der Waals surface area (Å²) in [5, 5.41) is 19.8. The van der Waals surface area contributed by atoms with Crippen LogP contribution in [0.4, 0.5) is 11.4 Å². The normalized spacial score (nSPS) is 13.8. The fourth-order valence-electron chi connectivity index (χ4n) is 7.05. The van der Waals surface area contributed by atoms with Crippen LogP contribution in [0.15, 0.2) is 97.1 Å². The zero-order chi connectivity index (χ0) is 40.6. The molecule has 57 heavy (non-hydrogen) atoms. The van der Waals surface area contributed by atoms with Crippen LogP contribution in [0.5, 0.6) is 11.5 Å². The highest BCUT2D eigenvalue weighted by Gasteiger charge is 2.37. The van der Waals surface area contributed by atoms with Gasteiger partial charge in [0.25, 0.3) is 11.8 Å². The number of anilines is 2. The van der Waals surface area contributed by atoms with Crippen molar-refractivity contribution < 1.29 is 29.0 Å². The smallest absolute Gasteiger partial charge is 0.277 e. The van der Waals surface area contributed by atoms with Crippen LogP contribution in [-0.4, -0.2) is 69.6 Å². The van der Waals surface area contributed by atoms with E-state index in [2.05, 4.69) is 55.4 Å². The summed E-state index contributed by atoms with van der Waals surface area (Å²) in [6.45, 7) is 5.94. The Kier molecular flexibility index (Phi) is 11.6. The summed E-state index contributed by atoms with van der Waals surface area (Å²) >= 11 is 4.48. The van der Waals surface area contributed by atoms with Crippen LogP contribution in [-0.2, 0) is 18.4 Å². The van der Waals surface area contributed by atoms with Crippen molar-refractivity contribution in [3.8, 4) is 22.9 Å². The number of ether oxygens (including phenoxy) is 2. The molecular weight excluding hydrogens is 950 g/mol. The number of amides is 2. The molecule has 0 unspecified atom stereocenters. The van der Waals surface area contributed by atoms with Crippen LogP contribution in [0.1, 0.15) is 69.1 Å². The van der Waals surface area contributed by atoms with Crippen molar-refractivity contribution in [3.05, 3.63) is 138 Å². The number of carbonyl (C=O) groups excluding carboxylic acids is 3. The van der Waals surface area contributed by atoms with Crippen molar-refractivity contribution >= 4 is 74.2 Å². The van der Waals surface area contributed by atoms with E-state index >= 15 is 0 Å². The summed E-state index contributed by atoms with van der Waals surface area (Å²) in [5.74, 6) is 1.02. The minimum Gasteiger partial charge on any atom is -0.497 e. The average molecular weight is 991 g/mol. The van der Waals surface area contributed by atoms with Gasteiger partial charge in [0.05, 0.1) is 31.3 Å². The predicted octanol–water partition coefficient (Wildman–Crippen LogP) is 7.81. The Morgan fingerprint density at radius 3 is 1.42 bits per heavy atom. The number of nitrogens with zero attached hydrogens (tertiary/aromatic N) is 6. The minimum absolute atomic E-state index is 0.119. The lowest BCUT2D eigenvalue weighted by Crippen LogP contribution is -2.39. The molecule has 4 aromatic carbocycles. The molecule has 2 aliphatic heterocycles. The highest BCUT2D eigenvalue weighted by Crippen LogP contribution is 2.34. The molecule has 2 amide bonds. The summed E-state index contributed by atoms with van der Waals surface area (Å²) < 4.78 is 15.9. The first-order valence-corrected chi connectivity index (χ1v) is 20.4. The Morgan fingerprint density at radius 1 is 0.632 bits per heavy atom. The molecule has 6 aromatic rings. The van der Waals surface area contributed by atoms with Crippen molar-refractivity contribution in [2.45, 2.75) is 39.2 Å². The van der Waals surface area contributed by atoms with Gasteiger partial charge in [-0.2, -0.15) is 10.2 Å². The van der Waals surface area contributed by atoms with Gasteiger partial charge in [0.15, 0.2) is 5.78 Å². The van der Waals surface area contributed by atoms with Gasteiger partial charge in [-0.3, -0.25) is 14.4 Å². The predicted molar refractivity (Wildman–Crippen MR) is 235 cm³/mol. The number of Topliss-reactive ketones (excluding diaryl/α,β-unsaturated/α-hetero) is 1. The summed E-state index contributed by atoms with van der Waals surface area (Å²) in [6, 6.07) is 30.3. The molecule has 8 rings (SSSR count). The van der Waals surface area contributed by atoms with E-state index in [-0.39, 0.29) is 17.6 Å². The first-order valence-electron chi connectivity index (χ1n) is 18.2. The van der Waals surface area contributed by atoms with Crippen molar-refractivity contribution in [2.75, 3.05) is 37.1 Å². The number of fused-ring (bicyclic) bond motifs is 2. The molecule has 1 N–H and O–H groups in total. The maximum Gasteiger partial charge on any atom is 0.277 e. The largest absolute Gasteiger partial charge is 0.497 e. The molecule has 0 spiro atoms. The third kappa shape index (κ3) is 8.07. The molecular formula is C43H40I2N6O6. The van der Waals surface area contributed by atoms with Gasteiger partial charge in [0, 0.05) is 49.7 Å². The first kappa shape index (κ1) is 40.1. The molecule has 0 saturated carbocycles. The lowest BCUT2D eigenvalue weighted by atomic mass is 9.94. The van der Waals surface area contributed by atoms with E-state index in [1.54, 1.807) is 59.4 Å². The lowest BCUT2D eigenvalue weighted by Gasteiger charge is -2.28. The number of rotatable bonds is 8. The van der Waals surface area contributed by atoms with Crippen molar-refractivity contribution in [1.29, 1.82) is 0 Å². The Hall–Kier alpha value is -5.07. The topological polar surface area (TPSA) is 132 Å². The Morgan fingerprint density at radius 2 is 1.02 bits per heavy atom. The monoisotopic (exact) mass is 990 g/mol. The molecule has 2 aromatic heterocycles. The maximum absolute atomic E-state index is 13.5. The van der Waals surface area contributed by atoms with E-state index in [1.807, 2.05) is 84.9 Å². The second-order valence-electron chi connectivity index (χ2n) is 14.1. The molecule has 12 nitrogen and oxygen atoms in total. The molecule has 292 valence electrons. The fraction of sp³-hybridized carbons (Fsp3) is 0.233. The average Bonchev–Trinajstić information content (AvgIpc) is 3.81. The molecule has 2 aliphatic rings. The van der Waals surface area contributed by atoms with Gasteiger partial charge in [0.2, 0.25) is 0 Å². The van der Waals surface area contributed by atoms with Gasteiger partial charge >= 0.3 is 0 Å². The van der Waals surface area contributed by atoms with Gasteiger partial charge in [-0.1, -0.05) is 0 Å². The van der Waals surface area contributed by atoms with Crippen LogP contribution >= 0.6 is 45.2 Å². The van der Waals surface area contributed by atoms with Crippen LogP contribution < -0.4 is 19.3 Å². The van der Waals surface area contributed by atoms with E-state index in [4.69, 9.17) is 9.47 Å². The molecule has 0 aliphatic carbocycles. The second kappa shape index (κ2) is 16.4. The Bertz CT molecular complexity index is 2450. The van der Waals surface area contributed by atoms with Crippen molar-refractivity contribution in [1.82, 2.24) is 19.6 Å². The Balaban J connectivity index is 0.000000174. The number of methoxy groups -OCH3 is 2. The SMILES string of the molecule is COc1ccc(-n2nc(C(C)(C)O)c3c2C(=O)N(c2ccc(I)cc2)CC3)cc1.COc1ccc(-n2nc(C(C)=O)c3c2C(=O)N(c2ccc(I)cc2)CC3)cc1. The molecule has 0 radical (unpaired) electrons. The van der Waals surface area contributed by atoms with Gasteiger partial charge < -0.3 is 24.4 Å². The standard InChI is InChI=1S/C22H22IN3O3.C21H18IN3O3/c1-22(2,28)20-18-12-13-25(15-6-4-14(23)5-7-15)21(27)19(18)26(24-20)16-8-10-17(29-3)11-9-16;1-13(26)19-18-11-12-24(15-5-3-14(22)4-6-15)21(27)20(18)25(23-19)16-7-9-17(28-2)10-8-16/h4-11,28H,12-13H2,1-3H3;3-10H,11-12H2,1-2H3. The number of aliphatic hydroxyl groups is 1. The van der Waals surface area contributed by atoms with Crippen molar-refractivity contribution in [3.63, 3.8) is 0 Å². The maximum atomic E-state index is 13.5. The third-order valence-corrected chi connectivity index (χ3v) is 11.3. The fourth-order valence-corrected chi connectivity index (χ4v) is 7.77. The first-order chi connectivity index (χ1) is 27.3. The van der Waals surface area contributed by atoms with E-state index in [0.717, 1.165) is 41.1 Å². The van der Waals surface area contributed by atoms with Gasteiger partial charge in [0.1, 0.15) is 34.2 Å². The second-order valence-corrected chi connectivity index (χ2v) is 16.5. The molecule has 0 fully saturated rings. The lowest BCUT2D eigenvalue weighted by molar-refractivity contribution is 0.0724. The molecule has 0 saturated heterocycles. The summed E-state index contributed by atoms with van der Waals surface area (Å²) in [5.41, 5.74) is 5.37. The summed E-state index contributed by atoms with van der Waals surface area (Å²) in [4.78, 5) is 42.5. The van der Waals surface area contributed by atoms with E-state index < -0.39 is 5.60 Å². The number of hydrogen-bond acceptors (Lipinski definition) is 8. The highest BCUT2D eigenvalue weighted by atomic mass is 127. The quantitative estimate of drug-likeness (QED) is 0.121. The zero-order valence-electron chi connectivity index (χ0n) is 32.0. The van der Waals surface area contributed by atoms with Crippen LogP contribution in [0, 0.1) is 7.14 Å². The molecule has 0 atom stereocenters.